The number of carbonyl (C=O) groups is 3. The van der Waals surface area contributed by atoms with Crippen molar-refractivity contribution in [3.8, 4) is 0 Å². The fourth-order valence-corrected chi connectivity index (χ4v) is 6.09. The zero-order valence-corrected chi connectivity index (χ0v) is 25.0. The predicted octanol–water partition coefficient (Wildman–Crippen LogP) is 5.13. The lowest BCUT2D eigenvalue weighted by Crippen LogP contribution is -2.42. The van der Waals surface area contributed by atoms with Crippen LogP contribution < -0.4 is 10.2 Å². The topological polar surface area (TPSA) is 100 Å². The van der Waals surface area contributed by atoms with Gasteiger partial charge in [-0.05, 0) is 74.1 Å². The zero-order valence-electron chi connectivity index (χ0n) is 21.9. The Kier molecular flexibility index (Phi) is 8.77. The van der Waals surface area contributed by atoms with Gasteiger partial charge in [-0.15, -0.1) is 5.10 Å². The molecule has 0 saturated carbocycles. The molecule has 9 nitrogen and oxygen atoms in total. The van der Waals surface area contributed by atoms with Crippen LogP contribution in [0.15, 0.2) is 47.1 Å². The van der Waals surface area contributed by atoms with E-state index in [1.54, 1.807) is 29.3 Å². The van der Waals surface area contributed by atoms with Gasteiger partial charge in [-0.1, -0.05) is 44.3 Å². The van der Waals surface area contributed by atoms with Gasteiger partial charge >= 0.3 is 0 Å². The van der Waals surface area contributed by atoms with Crippen molar-refractivity contribution in [3.05, 3.63) is 68.4 Å². The molecule has 0 radical (unpaired) electrons. The number of amides is 3. The van der Waals surface area contributed by atoms with Crippen LogP contribution in [-0.4, -0.2) is 57.2 Å². The van der Waals surface area contributed by atoms with Crippen molar-refractivity contribution in [3.63, 3.8) is 0 Å². The second-order valence-corrected chi connectivity index (χ2v) is 12.2. The first-order valence-corrected chi connectivity index (χ1v) is 14.7. The molecule has 2 fully saturated rings. The van der Waals surface area contributed by atoms with Crippen molar-refractivity contribution < 1.29 is 14.4 Å². The molecular formula is C28H29BrCl2N6O3. The van der Waals surface area contributed by atoms with Crippen LogP contribution in [0.5, 0.6) is 0 Å². The fraction of sp³-hybridized carbons (Fsp3) is 0.393. The highest BCUT2D eigenvalue weighted by molar-refractivity contribution is 9.10. The first-order valence-electron chi connectivity index (χ1n) is 13.1. The smallest absolute Gasteiger partial charge is 0.246 e. The number of carbonyl (C=O) groups excluding carboxylic acids is 3. The molecule has 2 aliphatic rings. The number of hydrogen-bond donors (Lipinski definition) is 1. The van der Waals surface area contributed by atoms with Crippen molar-refractivity contribution >= 4 is 68.2 Å². The summed E-state index contributed by atoms with van der Waals surface area (Å²) in [6.45, 7) is 3.73. The van der Waals surface area contributed by atoms with E-state index < -0.39 is 0 Å². The van der Waals surface area contributed by atoms with Gasteiger partial charge < -0.3 is 15.1 Å². The third kappa shape index (κ3) is 6.85. The zero-order chi connectivity index (χ0) is 28.4. The lowest BCUT2D eigenvalue weighted by molar-refractivity contribution is -0.137. The van der Waals surface area contributed by atoms with Gasteiger partial charge in [-0.3, -0.25) is 14.4 Å². The molecule has 3 aromatic rings. The van der Waals surface area contributed by atoms with Crippen molar-refractivity contribution in [2.75, 3.05) is 29.9 Å². The van der Waals surface area contributed by atoms with E-state index in [0.717, 1.165) is 40.7 Å². The summed E-state index contributed by atoms with van der Waals surface area (Å²) in [6, 6.07) is 10.7. The average Bonchev–Trinajstić information content (AvgIpc) is 3.51. The van der Waals surface area contributed by atoms with Crippen molar-refractivity contribution in [1.82, 2.24) is 19.9 Å². The number of piperidine rings is 1. The van der Waals surface area contributed by atoms with Crippen LogP contribution in [0.4, 0.5) is 11.4 Å². The van der Waals surface area contributed by atoms with E-state index in [0.29, 0.717) is 41.3 Å². The Morgan fingerprint density at radius 2 is 1.82 bits per heavy atom. The molecule has 1 aromatic heterocycles. The third-order valence-electron chi connectivity index (χ3n) is 7.39. The highest BCUT2D eigenvalue weighted by Crippen LogP contribution is 2.31. The molecule has 5 rings (SSSR count). The maximum atomic E-state index is 13.2. The lowest BCUT2D eigenvalue weighted by Gasteiger charge is -2.33. The third-order valence-corrected chi connectivity index (χ3v) is 8.72. The number of hydrogen-bond acceptors (Lipinski definition) is 5. The SMILES string of the molecule is Cc1cc(N2CC(C(=O)N3CCC(Cc4cn(CC(=O)Nc5cc(Cl)cc(Cl)c5)nn4)CC3)CC2=O)ccc1Br. The van der Waals surface area contributed by atoms with E-state index in [1.165, 1.54) is 4.68 Å². The Labute approximate surface area is 250 Å². The highest BCUT2D eigenvalue weighted by Gasteiger charge is 2.38. The van der Waals surface area contributed by atoms with Crippen molar-refractivity contribution in [2.45, 2.75) is 39.2 Å². The molecular weight excluding hydrogens is 619 g/mol. The largest absolute Gasteiger partial charge is 0.342 e. The molecule has 40 heavy (non-hydrogen) atoms. The summed E-state index contributed by atoms with van der Waals surface area (Å²) in [6.07, 6.45) is 4.46. The molecule has 2 saturated heterocycles. The number of nitrogens with one attached hydrogen (secondary N) is 1. The number of likely N-dealkylation sites (tertiary alicyclic amines) is 1. The Balaban J connectivity index is 1.09. The van der Waals surface area contributed by atoms with E-state index in [1.807, 2.05) is 30.0 Å². The monoisotopic (exact) mass is 646 g/mol. The minimum absolute atomic E-state index is 0.0110. The predicted molar refractivity (Wildman–Crippen MR) is 157 cm³/mol. The standard InChI is InChI=1S/C28H29BrCl2N6O3/c1-17-8-24(2-3-25(17)29)37-14-19(10-27(37)39)28(40)35-6-4-18(5-7-35)9-23-15-36(34-33-23)16-26(38)32-22-12-20(30)11-21(31)13-22/h2-3,8,11-13,15,18-19H,4-7,9-10,14,16H2,1H3,(H,32,38). The Hall–Kier alpha value is -2.95. The minimum atomic E-state index is -0.318. The van der Waals surface area contributed by atoms with Gasteiger partial charge in [-0.25, -0.2) is 4.68 Å². The summed E-state index contributed by atoms with van der Waals surface area (Å²) < 4.78 is 2.50. The number of benzene rings is 2. The van der Waals surface area contributed by atoms with Gasteiger partial charge in [-0.2, -0.15) is 0 Å². The molecule has 1 unspecified atom stereocenters. The van der Waals surface area contributed by atoms with Crippen LogP contribution in [-0.2, 0) is 27.3 Å². The normalized spacial score (nSPS) is 17.9. The molecule has 0 spiro atoms. The van der Waals surface area contributed by atoms with Crippen LogP contribution in [0.3, 0.4) is 0 Å². The molecule has 3 amide bonds. The molecule has 210 valence electrons. The summed E-state index contributed by atoms with van der Waals surface area (Å²) in [5.41, 5.74) is 3.21. The summed E-state index contributed by atoms with van der Waals surface area (Å²) >= 11 is 15.5. The first-order chi connectivity index (χ1) is 19.1. The van der Waals surface area contributed by atoms with Gasteiger partial charge in [0.05, 0.1) is 11.6 Å². The number of aromatic nitrogens is 3. The number of rotatable bonds is 7. The van der Waals surface area contributed by atoms with Crippen LogP contribution >= 0.6 is 39.1 Å². The maximum Gasteiger partial charge on any atom is 0.246 e. The molecule has 0 bridgehead atoms. The fourth-order valence-electron chi connectivity index (χ4n) is 5.31. The summed E-state index contributed by atoms with van der Waals surface area (Å²) in [5.74, 6) is -0.170. The summed E-state index contributed by atoms with van der Waals surface area (Å²) in [5, 5.41) is 12.0. The van der Waals surface area contributed by atoms with Crippen LogP contribution in [0.1, 0.15) is 30.5 Å². The van der Waals surface area contributed by atoms with E-state index >= 15 is 0 Å². The molecule has 3 heterocycles. The molecule has 0 aliphatic carbocycles. The van der Waals surface area contributed by atoms with Gasteiger partial charge in [0.15, 0.2) is 0 Å². The van der Waals surface area contributed by atoms with Gasteiger partial charge in [0.2, 0.25) is 17.7 Å². The molecule has 12 heteroatoms. The van der Waals surface area contributed by atoms with E-state index in [2.05, 4.69) is 31.6 Å². The highest BCUT2D eigenvalue weighted by atomic mass is 79.9. The second kappa shape index (κ2) is 12.3. The Morgan fingerprint density at radius 1 is 1.10 bits per heavy atom. The second-order valence-electron chi connectivity index (χ2n) is 10.4. The lowest BCUT2D eigenvalue weighted by atomic mass is 9.91. The molecule has 1 atom stereocenters. The van der Waals surface area contributed by atoms with Gasteiger partial charge in [0.25, 0.3) is 0 Å². The maximum absolute atomic E-state index is 13.2. The van der Waals surface area contributed by atoms with Gasteiger partial charge in [0.1, 0.15) is 6.54 Å². The van der Waals surface area contributed by atoms with Crippen LogP contribution in [0.2, 0.25) is 10.0 Å². The van der Waals surface area contributed by atoms with Crippen molar-refractivity contribution in [1.29, 1.82) is 0 Å². The van der Waals surface area contributed by atoms with E-state index in [4.69, 9.17) is 23.2 Å². The quantitative estimate of drug-likeness (QED) is 0.383. The minimum Gasteiger partial charge on any atom is -0.342 e. The Morgan fingerprint density at radius 3 is 2.52 bits per heavy atom. The molecule has 2 aliphatic heterocycles. The average molecular weight is 648 g/mol. The van der Waals surface area contributed by atoms with Crippen LogP contribution in [0.25, 0.3) is 0 Å². The summed E-state index contributed by atoms with van der Waals surface area (Å²) in [4.78, 5) is 42.0. The van der Waals surface area contributed by atoms with E-state index in [9.17, 15) is 14.4 Å². The molecule has 2 aromatic carbocycles. The van der Waals surface area contributed by atoms with Crippen molar-refractivity contribution in [2.24, 2.45) is 11.8 Å². The number of nitrogens with zero attached hydrogens (tertiary/aromatic N) is 5. The Bertz CT molecular complexity index is 1420. The van der Waals surface area contributed by atoms with Crippen LogP contribution in [0, 0.1) is 18.8 Å². The summed E-state index contributed by atoms with van der Waals surface area (Å²) in [7, 11) is 0. The number of anilines is 2. The molecule has 1 N–H and O–H groups in total. The number of aryl methyl sites for hydroxylation is 1. The van der Waals surface area contributed by atoms with E-state index in [-0.39, 0.29) is 36.6 Å². The number of halogens is 3. The van der Waals surface area contributed by atoms with Gasteiger partial charge in [0, 0.05) is 58.1 Å². The first kappa shape index (κ1) is 28.6.